The fraction of sp³-hybridized carbons (Fsp3) is 0.350. The van der Waals surface area contributed by atoms with Gasteiger partial charge in [0.05, 0.1) is 17.6 Å². The van der Waals surface area contributed by atoms with Gasteiger partial charge < -0.3 is 14.8 Å². The fourth-order valence-electron chi connectivity index (χ4n) is 2.43. The average Bonchev–Trinajstić information content (AvgIpc) is 3.09. The number of thiophene rings is 1. The Kier molecular flexibility index (Phi) is 7.12. The Hall–Kier alpha value is -2.67. The lowest BCUT2D eigenvalue weighted by Crippen LogP contribution is -2.45. The number of carbonyl (C=O) groups is 3. The Labute approximate surface area is 162 Å². The second kappa shape index (κ2) is 9.32. The van der Waals surface area contributed by atoms with Gasteiger partial charge in [-0.15, -0.1) is 11.3 Å². The molecule has 0 saturated carbocycles. The van der Waals surface area contributed by atoms with Crippen LogP contribution in [0.25, 0.3) is 0 Å². The van der Waals surface area contributed by atoms with Crippen molar-refractivity contribution in [2.24, 2.45) is 5.92 Å². The van der Waals surface area contributed by atoms with E-state index in [1.54, 1.807) is 44.2 Å². The topological polar surface area (TPSA) is 81.7 Å². The number of aryl methyl sites for hydroxylation is 1. The molecule has 1 aromatic carbocycles. The molecule has 1 heterocycles. The van der Waals surface area contributed by atoms with E-state index in [9.17, 15) is 14.4 Å². The number of benzene rings is 1. The van der Waals surface area contributed by atoms with Gasteiger partial charge in [0.1, 0.15) is 11.8 Å². The number of hydrogen-bond donors (Lipinski definition) is 1. The summed E-state index contributed by atoms with van der Waals surface area (Å²) in [7, 11) is 1.47. The number of nitrogens with one attached hydrogen (secondary N) is 1. The molecule has 1 amide bonds. The molecule has 0 unspecified atom stereocenters. The summed E-state index contributed by atoms with van der Waals surface area (Å²) in [6.45, 7) is 5.12. The molecule has 0 saturated heterocycles. The Morgan fingerprint density at radius 3 is 2.41 bits per heavy atom. The first-order valence-electron chi connectivity index (χ1n) is 8.53. The number of esters is 1. The Morgan fingerprint density at radius 2 is 1.81 bits per heavy atom. The maximum Gasteiger partial charge on any atom is 0.329 e. The number of carbonyl (C=O) groups excluding carboxylic acids is 3. The first-order valence-corrected chi connectivity index (χ1v) is 9.35. The molecular weight excluding hydrogens is 366 g/mol. The Balaban J connectivity index is 2.02. The zero-order valence-corrected chi connectivity index (χ0v) is 16.6. The van der Waals surface area contributed by atoms with Crippen LogP contribution >= 0.6 is 11.3 Å². The van der Waals surface area contributed by atoms with E-state index in [1.807, 2.05) is 13.0 Å². The van der Waals surface area contributed by atoms with Crippen molar-refractivity contribution in [2.45, 2.75) is 26.8 Å². The minimum atomic E-state index is -0.875. The molecule has 0 radical (unpaired) electrons. The van der Waals surface area contributed by atoms with Gasteiger partial charge in [-0.1, -0.05) is 26.0 Å². The average molecular weight is 389 g/mol. The summed E-state index contributed by atoms with van der Waals surface area (Å²) in [6, 6.07) is 9.41. The Morgan fingerprint density at radius 1 is 1.11 bits per heavy atom. The second-order valence-corrected chi connectivity index (χ2v) is 7.62. The third kappa shape index (κ3) is 5.40. The molecule has 0 bridgehead atoms. The van der Waals surface area contributed by atoms with Crippen molar-refractivity contribution >= 4 is 29.0 Å². The van der Waals surface area contributed by atoms with Crippen LogP contribution in [0.15, 0.2) is 36.4 Å². The minimum absolute atomic E-state index is 0.213. The van der Waals surface area contributed by atoms with Crippen molar-refractivity contribution in [3.63, 3.8) is 0 Å². The highest BCUT2D eigenvalue weighted by Crippen LogP contribution is 2.18. The number of hydrogen-bond acceptors (Lipinski definition) is 6. The van der Waals surface area contributed by atoms with E-state index in [0.29, 0.717) is 16.2 Å². The monoisotopic (exact) mass is 389 g/mol. The van der Waals surface area contributed by atoms with Gasteiger partial charge in [0.15, 0.2) is 6.61 Å². The number of ether oxygens (including phenoxy) is 2. The highest BCUT2D eigenvalue weighted by atomic mass is 32.1. The zero-order chi connectivity index (χ0) is 20.0. The first-order chi connectivity index (χ1) is 12.8. The molecule has 1 atom stereocenters. The molecule has 2 aromatic rings. The van der Waals surface area contributed by atoms with Gasteiger partial charge in [0, 0.05) is 4.88 Å². The summed E-state index contributed by atoms with van der Waals surface area (Å²) < 4.78 is 10.3. The minimum Gasteiger partial charge on any atom is -0.496 e. The van der Waals surface area contributed by atoms with Crippen molar-refractivity contribution in [1.82, 2.24) is 5.32 Å². The van der Waals surface area contributed by atoms with Crippen LogP contribution in [-0.4, -0.2) is 37.4 Å². The summed E-state index contributed by atoms with van der Waals surface area (Å²) in [4.78, 5) is 38.6. The third-order valence-electron chi connectivity index (χ3n) is 3.92. The van der Waals surface area contributed by atoms with E-state index in [1.165, 1.54) is 18.4 Å². The van der Waals surface area contributed by atoms with Crippen molar-refractivity contribution in [3.05, 3.63) is 51.7 Å². The van der Waals surface area contributed by atoms with Gasteiger partial charge in [-0.3, -0.25) is 9.59 Å². The summed E-state index contributed by atoms with van der Waals surface area (Å²) in [5.41, 5.74) is 0.323. The summed E-state index contributed by atoms with van der Waals surface area (Å²) in [5.74, 6) is -1.15. The standard InChI is InChI=1S/C20H23NO5S/c1-12(2)18(21-19(23)14-7-5-6-8-16(14)25-4)20(24)26-11-15(22)17-10-9-13(3)27-17/h5-10,12,18H,11H2,1-4H3,(H,21,23)/t18-/m0/s1. The molecule has 0 spiro atoms. The SMILES string of the molecule is COc1ccccc1C(=O)N[C@H](C(=O)OCC(=O)c1ccc(C)s1)C(C)C. The molecule has 2 rings (SSSR count). The highest BCUT2D eigenvalue weighted by molar-refractivity contribution is 7.14. The summed E-state index contributed by atoms with van der Waals surface area (Å²) >= 11 is 1.35. The smallest absolute Gasteiger partial charge is 0.329 e. The van der Waals surface area contributed by atoms with Crippen LogP contribution in [0.1, 0.15) is 38.8 Å². The zero-order valence-electron chi connectivity index (χ0n) is 15.8. The molecule has 7 heteroatoms. The lowest BCUT2D eigenvalue weighted by Gasteiger charge is -2.21. The van der Waals surface area contributed by atoms with Gasteiger partial charge in [0.25, 0.3) is 5.91 Å². The lowest BCUT2D eigenvalue weighted by atomic mass is 10.0. The van der Waals surface area contributed by atoms with Crippen molar-refractivity contribution in [3.8, 4) is 5.75 Å². The van der Waals surface area contributed by atoms with E-state index in [2.05, 4.69) is 5.32 Å². The predicted octanol–water partition coefficient (Wildman–Crippen LogP) is 3.25. The second-order valence-electron chi connectivity index (χ2n) is 6.34. The predicted molar refractivity (Wildman–Crippen MR) is 103 cm³/mol. The van der Waals surface area contributed by atoms with Crippen molar-refractivity contribution in [2.75, 3.05) is 13.7 Å². The number of ketones is 1. The molecule has 1 N–H and O–H groups in total. The lowest BCUT2D eigenvalue weighted by molar-refractivity contribution is -0.145. The van der Waals surface area contributed by atoms with Gasteiger partial charge in [-0.05, 0) is 37.1 Å². The van der Waals surface area contributed by atoms with E-state index in [4.69, 9.17) is 9.47 Å². The van der Waals surface area contributed by atoms with Crippen LogP contribution < -0.4 is 10.1 Å². The van der Waals surface area contributed by atoms with Gasteiger partial charge >= 0.3 is 5.97 Å². The van der Waals surface area contributed by atoms with Crippen LogP contribution in [0.4, 0.5) is 0 Å². The molecule has 0 aliphatic heterocycles. The van der Waals surface area contributed by atoms with Crippen LogP contribution in [0.3, 0.4) is 0 Å². The molecule has 0 fully saturated rings. The summed E-state index contributed by atoms with van der Waals surface area (Å²) in [6.07, 6.45) is 0. The molecule has 6 nitrogen and oxygen atoms in total. The molecule has 0 aliphatic carbocycles. The fourth-order valence-corrected chi connectivity index (χ4v) is 3.22. The van der Waals surface area contributed by atoms with Gasteiger partial charge in [-0.25, -0.2) is 4.79 Å². The number of rotatable bonds is 8. The maximum atomic E-state index is 12.5. The van der Waals surface area contributed by atoms with Crippen molar-refractivity contribution in [1.29, 1.82) is 0 Å². The number of amides is 1. The molecule has 1 aromatic heterocycles. The summed E-state index contributed by atoms with van der Waals surface area (Å²) in [5, 5.41) is 2.67. The quantitative estimate of drug-likeness (QED) is 0.554. The first kappa shape index (κ1) is 20.6. The van der Waals surface area contributed by atoms with E-state index in [-0.39, 0.29) is 18.3 Å². The molecule has 0 aliphatic rings. The Bertz CT molecular complexity index is 827. The van der Waals surface area contributed by atoms with Gasteiger partial charge in [-0.2, -0.15) is 0 Å². The number of Topliss-reactive ketones (excluding diaryl/α,β-unsaturated/α-hetero) is 1. The van der Waals surface area contributed by atoms with Gasteiger partial charge in [0.2, 0.25) is 5.78 Å². The largest absolute Gasteiger partial charge is 0.496 e. The van der Waals surface area contributed by atoms with Crippen LogP contribution in [-0.2, 0) is 9.53 Å². The van der Waals surface area contributed by atoms with Crippen LogP contribution in [0.5, 0.6) is 5.75 Å². The molecular formula is C20H23NO5S. The van der Waals surface area contributed by atoms with Crippen LogP contribution in [0.2, 0.25) is 0 Å². The number of methoxy groups -OCH3 is 1. The maximum absolute atomic E-state index is 12.5. The normalized spacial score (nSPS) is 11.7. The van der Waals surface area contributed by atoms with Crippen molar-refractivity contribution < 1.29 is 23.9 Å². The van der Waals surface area contributed by atoms with Crippen LogP contribution in [0, 0.1) is 12.8 Å². The number of para-hydroxylation sites is 1. The van der Waals surface area contributed by atoms with E-state index in [0.717, 1.165) is 4.88 Å². The third-order valence-corrected chi connectivity index (χ3v) is 4.96. The molecule has 27 heavy (non-hydrogen) atoms. The van der Waals surface area contributed by atoms with E-state index < -0.39 is 17.9 Å². The highest BCUT2D eigenvalue weighted by Gasteiger charge is 2.28. The molecule has 144 valence electrons. The van der Waals surface area contributed by atoms with E-state index >= 15 is 0 Å².